The molecule has 0 bridgehead atoms. The van der Waals surface area contributed by atoms with Crippen LogP contribution in [0.15, 0.2) is 12.1 Å². The van der Waals surface area contributed by atoms with Gasteiger partial charge in [0.25, 0.3) is 0 Å². The summed E-state index contributed by atoms with van der Waals surface area (Å²) in [6.07, 6.45) is 0.835. The number of thiol groups is 1. The van der Waals surface area contributed by atoms with E-state index in [2.05, 4.69) is 17.9 Å². The average molecular weight is 201 g/mol. The zero-order valence-electron chi connectivity index (χ0n) is 6.85. The SMILES string of the molecule is Fc1ccc2c(c1F)NCCC2S. The summed E-state index contributed by atoms with van der Waals surface area (Å²) in [5.41, 5.74) is 1.01. The number of anilines is 1. The number of rotatable bonds is 0. The Morgan fingerprint density at radius 1 is 1.38 bits per heavy atom. The summed E-state index contributed by atoms with van der Waals surface area (Å²) in [4.78, 5) is 0. The van der Waals surface area contributed by atoms with E-state index in [-0.39, 0.29) is 10.9 Å². The minimum atomic E-state index is -0.811. The fourth-order valence-electron chi connectivity index (χ4n) is 1.51. The molecule has 4 heteroatoms. The highest BCUT2D eigenvalue weighted by Gasteiger charge is 2.21. The van der Waals surface area contributed by atoms with Crippen molar-refractivity contribution in [3.05, 3.63) is 29.3 Å². The highest BCUT2D eigenvalue weighted by atomic mass is 32.1. The standard InChI is InChI=1S/C9H9F2NS/c10-6-2-1-5-7(13)3-4-12-9(5)8(6)11/h1-2,7,12-13H,3-4H2. The van der Waals surface area contributed by atoms with Gasteiger partial charge in [0, 0.05) is 11.8 Å². The predicted molar refractivity (Wildman–Crippen MR) is 51.2 cm³/mol. The maximum atomic E-state index is 13.2. The van der Waals surface area contributed by atoms with E-state index in [0.717, 1.165) is 18.1 Å². The lowest BCUT2D eigenvalue weighted by atomic mass is 10.0. The first-order valence-electron chi connectivity index (χ1n) is 4.10. The molecular weight excluding hydrogens is 192 g/mol. The van der Waals surface area contributed by atoms with Gasteiger partial charge in [-0.05, 0) is 18.1 Å². The molecule has 0 spiro atoms. The van der Waals surface area contributed by atoms with E-state index in [0.29, 0.717) is 6.54 Å². The molecule has 2 rings (SSSR count). The Hall–Kier alpha value is -0.770. The van der Waals surface area contributed by atoms with Gasteiger partial charge in [0.1, 0.15) is 0 Å². The van der Waals surface area contributed by atoms with Gasteiger partial charge in [-0.15, -0.1) is 0 Å². The van der Waals surface area contributed by atoms with Crippen molar-refractivity contribution in [2.45, 2.75) is 11.7 Å². The van der Waals surface area contributed by atoms with Crippen molar-refractivity contribution in [1.82, 2.24) is 0 Å². The Kier molecular flexibility index (Phi) is 2.15. The van der Waals surface area contributed by atoms with E-state index in [9.17, 15) is 8.78 Å². The summed E-state index contributed by atoms with van der Waals surface area (Å²) in [5, 5.41) is 2.84. The third-order valence-electron chi connectivity index (χ3n) is 2.21. The van der Waals surface area contributed by atoms with Crippen LogP contribution in [0, 0.1) is 11.6 Å². The Morgan fingerprint density at radius 2 is 2.15 bits per heavy atom. The van der Waals surface area contributed by atoms with Gasteiger partial charge in [-0.1, -0.05) is 6.07 Å². The van der Waals surface area contributed by atoms with E-state index < -0.39 is 11.6 Å². The number of nitrogens with one attached hydrogen (secondary N) is 1. The molecule has 0 aromatic heterocycles. The van der Waals surface area contributed by atoms with Gasteiger partial charge in [0.15, 0.2) is 11.6 Å². The Morgan fingerprint density at radius 3 is 2.92 bits per heavy atom. The molecule has 1 heterocycles. The Labute approximate surface area is 80.6 Å². The van der Waals surface area contributed by atoms with E-state index in [1.807, 2.05) is 0 Å². The van der Waals surface area contributed by atoms with Gasteiger partial charge in [-0.2, -0.15) is 12.6 Å². The molecule has 1 aromatic carbocycles. The van der Waals surface area contributed by atoms with Gasteiger partial charge in [0.05, 0.1) is 5.69 Å². The van der Waals surface area contributed by atoms with E-state index >= 15 is 0 Å². The van der Waals surface area contributed by atoms with Crippen LogP contribution in [0.5, 0.6) is 0 Å². The number of halogens is 2. The van der Waals surface area contributed by atoms with Gasteiger partial charge in [-0.3, -0.25) is 0 Å². The van der Waals surface area contributed by atoms with Gasteiger partial charge < -0.3 is 5.32 Å². The lowest BCUT2D eigenvalue weighted by Gasteiger charge is -2.23. The van der Waals surface area contributed by atoms with Crippen LogP contribution in [0.1, 0.15) is 17.2 Å². The van der Waals surface area contributed by atoms with E-state index in [1.165, 1.54) is 0 Å². The molecule has 1 aliphatic heterocycles. The van der Waals surface area contributed by atoms with Crippen LogP contribution in [0.3, 0.4) is 0 Å². The highest BCUT2D eigenvalue weighted by Crippen LogP contribution is 2.36. The minimum absolute atomic E-state index is 0.00588. The van der Waals surface area contributed by atoms with E-state index in [1.54, 1.807) is 6.07 Å². The average Bonchev–Trinajstić information content (AvgIpc) is 2.12. The number of hydrogen-bond donors (Lipinski definition) is 2. The maximum Gasteiger partial charge on any atom is 0.182 e. The first kappa shape index (κ1) is 8.81. The zero-order valence-corrected chi connectivity index (χ0v) is 7.74. The molecule has 13 heavy (non-hydrogen) atoms. The summed E-state index contributed by atoms with van der Waals surface area (Å²) < 4.78 is 26.0. The van der Waals surface area contributed by atoms with Gasteiger partial charge in [-0.25, -0.2) is 8.78 Å². The van der Waals surface area contributed by atoms with Crippen molar-refractivity contribution < 1.29 is 8.78 Å². The lowest BCUT2D eigenvalue weighted by molar-refractivity contribution is 0.507. The van der Waals surface area contributed by atoms with Crippen LogP contribution >= 0.6 is 12.6 Å². The van der Waals surface area contributed by atoms with Gasteiger partial charge >= 0.3 is 0 Å². The molecule has 1 N–H and O–H groups in total. The lowest BCUT2D eigenvalue weighted by Crippen LogP contribution is -2.15. The summed E-state index contributed by atoms with van der Waals surface area (Å²) >= 11 is 4.29. The first-order chi connectivity index (χ1) is 6.20. The molecule has 0 amide bonds. The first-order valence-corrected chi connectivity index (χ1v) is 4.61. The van der Waals surface area contributed by atoms with Crippen molar-refractivity contribution in [3.63, 3.8) is 0 Å². The van der Waals surface area contributed by atoms with E-state index in [4.69, 9.17) is 0 Å². The largest absolute Gasteiger partial charge is 0.382 e. The highest BCUT2D eigenvalue weighted by molar-refractivity contribution is 7.80. The molecule has 1 atom stereocenters. The monoisotopic (exact) mass is 201 g/mol. The molecule has 1 aromatic rings. The number of benzene rings is 1. The second-order valence-electron chi connectivity index (χ2n) is 3.06. The van der Waals surface area contributed by atoms with Crippen LogP contribution in [0.25, 0.3) is 0 Å². The molecule has 1 aliphatic rings. The summed E-state index contributed by atoms with van der Waals surface area (Å²) in [7, 11) is 0. The zero-order chi connectivity index (χ0) is 9.42. The van der Waals surface area contributed by atoms with Crippen LogP contribution in [0.2, 0.25) is 0 Å². The number of fused-ring (bicyclic) bond motifs is 1. The Bertz CT molecular complexity index is 341. The van der Waals surface area contributed by atoms with Crippen LogP contribution in [-0.4, -0.2) is 6.54 Å². The molecule has 70 valence electrons. The third kappa shape index (κ3) is 1.39. The summed E-state index contributed by atoms with van der Waals surface area (Å²) in [5.74, 6) is -1.61. The normalized spacial score (nSPS) is 20.7. The van der Waals surface area contributed by atoms with Crippen molar-refractivity contribution in [2.75, 3.05) is 11.9 Å². The minimum Gasteiger partial charge on any atom is -0.382 e. The van der Waals surface area contributed by atoms with Crippen molar-refractivity contribution in [2.24, 2.45) is 0 Å². The number of hydrogen-bond acceptors (Lipinski definition) is 2. The summed E-state index contributed by atoms with van der Waals surface area (Å²) in [6.45, 7) is 0.640. The molecule has 0 radical (unpaired) electrons. The molecule has 0 fully saturated rings. The predicted octanol–water partition coefficient (Wildman–Crippen LogP) is 2.75. The van der Waals surface area contributed by atoms with Gasteiger partial charge in [0.2, 0.25) is 0 Å². The smallest absolute Gasteiger partial charge is 0.182 e. The molecular formula is C9H9F2NS. The molecule has 1 nitrogen and oxygen atoms in total. The molecule has 0 aliphatic carbocycles. The van der Waals surface area contributed by atoms with Crippen molar-refractivity contribution in [1.29, 1.82) is 0 Å². The summed E-state index contributed by atoms with van der Waals surface area (Å²) in [6, 6.07) is 2.72. The molecule has 0 saturated carbocycles. The van der Waals surface area contributed by atoms with Crippen LogP contribution in [-0.2, 0) is 0 Å². The van der Waals surface area contributed by atoms with Crippen LogP contribution < -0.4 is 5.32 Å². The molecule has 1 unspecified atom stereocenters. The molecule has 0 saturated heterocycles. The van der Waals surface area contributed by atoms with Crippen molar-refractivity contribution >= 4 is 18.3 Å². The fourth-order valence-corrected chi connectivity index (χ4v) is 1.86. The second-order valence-corrected chi connectivity index (χ2v) is 3.68. The quantitative estimate of drug-likeness (QED) is 0.615. The second kappa shape index (κ2) is 3.18. The van der Waals surface area contributed by atoms with Crippen molar-refractivity contribution in [3.8, 4) is 0 Å². The topological polar surface area (TPSA) is 12.0 Å². The third-order valence-corrected chi connectivity index (χ3v) is 2.74. The maximum absolute atomic E-state index is 13.2. The fraction of sp³-hybridized carbons (Fsp3) is 0.333. The van der Waals surface area contributed by atoms with Crippen LogP contribution in [0.4, 0.5) is 14.5 Å². The Balaban J connectivity index is 2.56.